The number of ether oxygens (including phenoxy) is 1. The summed E-state index contributed by atoms with van der Waals surface area (Å²) in [6.45, 7) is 1.97. The highest BCUT2D eigenvalue weighted by Gasteiger charge is 2.29. The van der Waals surface area contributed by atoms with Crippen LogP contribution in [0.4, 0.5) is 4.39 Å². The Bertz CT molecular complexity index is 820. The third-order valence-electron chi connectivity index (χ3n) is 5.68. The molecule has 1 aliphatic rings. The van der Waals surface area contributed by atoms with E-state index in [0.717, 1.165) is 36.1 Å². The van der Waals surface area contributed by atoms with Crippen LogP contribution in [-0.2, 0) is 27.4 Å². The van der Waals surface area contributed by atoms with Crippen LogP contribution in [0.3, 0.4) is 0 Å². The highest BCUT2D eigenvalue weighted by Crippen LogP contribution is 2.27. The number of benzene rings is 1. The number of amides is 2. The fourth-order valence-corrected chi connectivity index (χ4v) is 4.71. The zero-order chi connectivity index (χ0) is 22.1. The number of rotatable bonds is 11. The molecule has 0 unspecified atom stereocenters. The van der Waals surface area contributed by atoms with Crippen molar-refractivity contribution in [3.63, 3.8) is 0 Å². The van der Waals surface area contributed by atoms with Crippen LogP contribution in [0.15, 0.2) is 41.8 Å². The van der Waals surface area contributed by atoms with Gasteiger partial charge in [0, 0.05) is 37.6 Å². The first-order valence-electron chi connectivity index (χ1n) is 10.9. The maximum atomic E-state index is 13.3. The lowest BCUT2D eigenvalue weighted by atomic mass is 10.1. The third-order valence-corrected chi connectivity index (χ3v) is 6.55. The molecule has 0 spiro atoms. The third kappa shape index (κ3) is 7.14. The number of halogens is 1. The zero-order valence-electron chi connectivity index (χ0n) is 18.1. The van der Waals surface area contributed by atoms with E-state index < -0.39 is 0 Å². The quantitative estimate of drug-likeness (QED) is 0.479. The lowest BCUT2D eigenvalue weighted by Gasteiger charge is -2.29. The van der Waals surface area contributed by atoms with Gasteiger partial charge in [-0.2, -0.15) is 0 Å². The SMILES string of the molecule is COCCCN(CC(=O)N(Cc1ccc(F)cc1)Cc1cccs1)C(=O)C1CCCC1. The fourth-order valence-electron chi connectivity index (χ4n) is 3.99. The summed E-state index contributed by atoms with van der Waals surface area (Å²) in [6.07, 6.45) is 4.66. The zero-order valence-corrected chi connectivity index (χ0v) is 18.9. The van der Waals surface area contributed by atoms with Gasteiger partial charge in [-0.25, -0.2) is 4.39 Å². The number of hydrogen-bond acceptors (Lipinski definition) is 4. The monoisotopic (exact) mass is 446 g/mol. The molecule has 1 saturated carbocycles. The number of methoxy groups -OCH3 is 1. The van der Waals surface area contributed by atoms with E-state index in [-0.39, 0.29) is 30.1 Å². The van der Waals surface area contributed by atoms with E-state index in [0.29, 0.717) is 32.7 Å². The van der Waals surface area contributed by atoms with Crippen LogP contribution >= 0.6 is 11.3 Å². The van der Waals surface area contributed by atoms with Crippen molar-refractivity contribution in [1.29, 1.82) is 0 Å². The van der Waals surface area contributed by atoms with Crippen molar-refractivity contribution in [2.45, 2.75) is 45.2 Å². The number of hydrogen-bond donors (Lipinski definition) is 0. The van der Waals surface area contributed by atoms with Gasteiger partial charge in [0.1, 0.15) is 5.82 Å². The number of carbonyl (C=O) groups is 2. The molecule has 0 atom stereocenters. The van der Waals surface area contributed by atoms with E-state index in [1.165, 1.54) is 12.1 Å². The Morgan fingerprint density at radius 2 is 1.84 bits per heavy atom. The molecule has 0 saturated heterocycles. The summed E-state index contributed by atoms with van der Waals surface area (Å²) in [6, 6.07) is 10.2. The molecule has 2 amide bonds. The molecule has 0 bridgehead atoms. The first-order valence-corrected chi connectivity index (χ1v) is 11.8. The predicted octanol–water partition coefficient (Wildman–Crippen LogP) is 4.47. The lowest BCUT2D eigenvalue weighted by Crippen LogP contribution is -2.44. The van der Waals surface area contributed by atoms with Crippen LogP contribution in [0.1, 0.15) is 42.5 Å². The van der Waals surface area contributed by atoms with Crippen molar-refractivity contribution >= 4 is 23.2 Å². The van der Waals surface area contributed by atoms with Crippen LogP contribution in [-0.4, -0.2) is 48.4 Å². The highest BCUT2D eigenvalue weighted by molar-refractivity contribution is 7.09. The summed E-state index contributed by atoms with van der Waals surface area (Å²) in [5.41, 5.74) is 0.861. The molecule has 0 N–H and O–H groups in total. The van der Waals surface area contributed by atoms with Crippen molar-refractivity contribution in [2.75, 3.05) is 26.8 Å². The molecular weight excluding hydrogens is 415 g/mol. The normalized spacial score (nSPS) is 14.0. The van der Waals surface area contributed by atoms with Crippen molar-refractivity contribution in [1.82, 2.24) is 9.80 Å². The summed E-state index contributed by atoms with van der Waals surface area (Å²) in [4.78, 5) is 31.0. The average Bonchev–Trinajstić information content (AvgIpc) is 3.48. The van der Waals surface area contributed by atoms with Gasteiger partial charge in [0.2, 0.25) is 11.8 Å². The Hall–Kier alpha value is -2.25. The van der Waals surface area contributed by atoms with Crippen LogP contribution in [0.2, 0.25) is 0 Å². The van der Waals surface area contributed by atoms with E-state index in [1.807, 2.05) is 17.5 Å². The second-order valence-corrected chi connectivity index (χ2v) is 9.08. The summed E-state index contributed by atoms with van der Waals surface area (Å²) in [7, 11) is 1.64. The molecule has 1 heterocycles. The molecule has 0 radical (unpaired) electrons. The van der Waals surface area contributed by atoms with Gasteiger partial charge in [0.05, 0.1) is 13.1 Å². The van der Waals surface area contributed by atoms with Crippen LogP contribution < -0.4 is 0 Å². The van der Waals surface area contributed by atoms with Crippen LogP contribution in [0.25, 0.3) is 0 Å². The van der Waals surface area contributed by atoms with Crippen LogP contribution in [0.5, 0.6) is 0 Å². The number of carbonyl (C=O) groups excluding carboxylic acids is 2. The average molecular weight is 447 g/mol. The van der Waals surface area contributed by atoms with Crippen molar-refractivity contribution in [3.8, 4) is 0 Å². The van der Waals surface area contributed by atoms with Gasteiger partial charge in [-0.3, -0.25) is 9.59 Å². The summed E-state index contributed by atoms with van der Waals surface area (Å²) in [5.74, 6) is -0.286. The van der Waals surface area contributed by atoms with Gasteiger partial charge in [-0.05, 0) is 48.4 Å². The highest BCUT2D eigenvalue weighted by atomic mass is 32.1. The van der Waals surface area contributed by atoms with Gasteiger partial charge in [-0.15, -0.1) is 11.3 Å². The minimum absolute atomic E-state index is 0.0261. The van der Waals surface area contributed by atoms with E-state index >= 15 is 0 Å². The largest absolute Gasteiger partial charge is 0.385 e. The van der Waals surface area contributed by atoms with Gasteiger partial charge in [0.25, 0.3) is 0 Å². The van der Waals surface area contributed by atoms with Gasteiger partial charge >= 0.3 is 0 Å². The minimum Gasteiger partial charge on any atom is -0.385 e. The fraction of sp³-hybridized carbons (Fsp3) is 0.500. The molecule has 31 heavy (non-hydrogen) atoms. The van der Waals surface area contributed by atoms with Crippen LogP contribution in [0, 0.1) is 11.7 Å². The summed E-state index contributed by atoms with van der Waals surface area (Å²) in [5, 5.41) is 1.98. The van der Waals surface area contributed by atoms with E-state index in [9.17, 15) is 14.0 Å². The van der Waals surface area contributed by atoms with Crippen molar-refractivity contribution in [3.05, 3.63) is 58.0 Å². The topological polar surface area (TPSA) is 49.9 Å². The van der Waals surface area contributed by atoms with Crippen molar-refractivity contribution < 1.29 is 18.7 Å². The maximum Gasteiger partial charge on any atom is 0.242 e. The molecule has 5 nitrogen and oxygen atoms in total. The molecule has 2 aromatic rings. The Labute approximate surface area is 187 Å². The molecule has 1 aliphatic carbocycles. The summed E-state index contributed by atoms with van der Waals surface area (Å²) < 4.78 is 18.5. The second kappa shape index (κ2) is 12.0. The molecule has 1 fully saturated rings. The maximum absolute atomic E-state index is 13.3. The Morgan fingerprint density at radius 1 is 1.10 bits per heavy atom. The molecule has 1 aromatic carbocycles. The molecule has 7 heteroatoms. The van der Waals surface area contributed by atoms with Crippen molar-refractivity contribution in [2.24, 2.45) is 5.92 Å². The van der Waals surface area contributed by atoms with Gasteiger partial charge in [0.15, 0.2) is 0 Å². The molecule has 168 valence electrons. The first kappa shape index (κ1) is 23.4. The summed E-state index contributed by atoms with van der Waals surface area (Å²) >= 11 is 1.59. The predicted molar refractivity (Wildman–Crippen MR) is 120 cm³/mol. The smallest absolute Gasteiger partial charge is 0.242 e. The van der Waals surface area contributed by atoms with Gasteiger partial charge < -0.3 is 14.5 Å². The van der Waals surface area contributed by atoms with E-state index in [1.54, 1.807) is 40.4 Å². The molecule has 3 rings (SSSR count). The van der Waals surface area contributed by atoms with E-state index in [2.05, 4.69) is 0 Å². The molecule has 1 aromatic heterocycles. The lowest BCUT2D eigenvalue weighted by molar-refractivity contribution is -0.143. The Kier molecular flexibility index (Phi) is 9.03. The number of nitrogens with zero attached hydrogens (tertiary/aromatic N) is 2. The second-order valence-electron chi connectivity index (χ2n) is 8.04. The Balaban J connectivity index is 1.72. The Morgan fingerprint density at radius 3 is 2.48 bits per heavy atom. The first-order chi connectivity index (χ1) is 15.1. The molecular formula is C24H31FN2O3S. The minimum atomic E-state index is -0.300. The number of thiophene rings is 1. The van der Waals surface area contributed by atoms with E-state index in [4.69, 9.17) is 4.74 Å². The standard InChI is InChI=1S/C24H31FN2O3S/c1-30-14-5-13-26(24(29)20-6-2-3-7-20)18-23(28)27(17-22-8-4-15-31-22)16-19-9-11-21(25)12-10-19/h4,8-12,15,20H,2-3,5-7,13-14,16-18H2,1H3. The molecule has 0 aliphatic heterocycles. The van der Waals surface area contributed by atoms with Gasteiger partial charge in [-0.1, -0.05) is 31.0 Å².